The van der Waals surface area contributed by atoms with Crippen LogP contribution in [0.15, 0.2) is 12.1 Å². The first-order chi connectivity index (χ1) is 13.4. The molecule has 0 radical (unpaired) electrons. The maximum atomic E-state index is 12.7. The fourth-order valence-electron chi connectivity index (χ4n) is 3.33. The average Bonchev–Trinajstić information content (AvgIpc) is 2.70. The van der Waals surface area contributed by atoms with E-state index in [4.69, 9.17) is 9.47 Å². The second kappa shape index (κ2) is 10.6. The topological polar surface area (TPSA) is 96.9 Å². The van der Waals surface area contributed by atoms with Crippen LogP contribution in [0, 0.1) is 0 Å². The predicted octanol–water partition coefficient (Wildman–Crippen LogP) is 2.82. The van der Waals surface area contributed by atoms with Crippen LogP contribution in [0.3, 0.4) is 0 Å². The van der Waals surface area contributed by atoms with Crippen molar-refractivity contribution >= 4 is 29.3 Å². The number of aliphatic hydroxyl groups is 1. The Hall–Kier alpha value is -1.93. The maximum absolute atomic E-state index is 12.7. The lowest BCUT2D eigenvalue weighted by molar-refractivity contribution is -0.115. The minimum atomic E-state index is -0.848. The molecule has 0 spiro atoms. The first kappa shape index (κ1) is 22.4. The Morgan fingerprint density at radius 1 is 1.18 bits per heavy atom. The summed E-state index contributed by atoms with van der Waals surface area (Å²) in [7, 11) is 2.96. The summed E-state index contributed by atoms with van der Waals surface area (Å²) in [5.41, 5.74) is -0.133. The Balaban J connectivity index is 2.17. The van der Waals surface area contributed by atoms with Gasteiger partial charge in [0.15, 0.2) is 11.5 Å². The fraction of sp³-hybridized carbons (Fsp3) is 0.600. The Morgan fingerprint density at radius 2 is 1.89 bits per heavy atom. The van der Waals surface area contributed by atoms with E-state index in [1.165, 1.54) is 14.2 Å². The molecule has 0 atom stereocenters. The minimum absolute atomic E-state index is 0.163. The lowest BCUT2D eigenvalue weighted by Crippen LogP contribution is -2.44. The predicted molar refractivity (Wildman–Crippen MR) is 112 cm³/mol. The van der Waals surface area contributed by atoms with E-state index in [2.05, 4.69) is 10.6 Å². The fourth-order valence-corrected chi connectivity index (χ4v) is 3.72. The molecule has 8 heteroatoms. The minimum Gasteiger partial charge on any atom is -0.493 e. The molecular weight excluding hydrogens is 380 g/mol. The number of benzene rings is 1. The monoisotopic (exact) mass is 410 g/mol. The SMILES string of the molecule is COc1cc(C(=O)NCC2(O)CCCCC2)cc(NC(=O)CCSC)c1OC. The molecule has 1 aromatic rings. The summed E-state index contributed by atoms with van der Waals surface area (Å²) in [6, 6.07) is 3.13. The van der Waals surface area contributed by atoms with Gasteiger partial charge in [-0.25, -0.2) is 0 Å². The van der Waals surface area contributed by atoms with Gasteiger partial charge in [0.2, 0.25) is 5.91 Å². The molecule has 1 aliphatic carbocycles. The van der Waals surface area contributed by atoms with Crippen molar-refractivity contribution in [3.8, 4) is 11.5 Å². The van der Waals surface area contributed by atoms with Gasteiger partial charge in [-0.3, -0.25) is 9.59 Å². The van der Waals surface area contributed by atoms with Gasteiger partial charge in [0.05, 0.1) is 25.5 Å². The van der Waals surface area contributed by atoms with Crippen LogP contribution < -0.4 is 20.1 Å². The zero-order chi connectivity index (χ0) is 20.6. The number of methoxy groups -OCH3 is 2. The quantitative estimate of drug-likeness (QED) is 0.579. The Bertz CT molecular complexity index is 689. The Morgan fingerprint density at radius 3 is 2.50 bits per heavy atom. The van der Waals surface area contributed by atoms with E-state index in [9.17, 15) is 14.7 Å². The van der Waals surface area contributed by atoms with E-state index in [0.717, 1.165) is 19.3 Å². The van der Waals surface area contributed by atoms with Crippen molar-refractivity contribution in [2.24, 2.45) is 0 Å². The van der Waals surface area contributed by atoms with Gasteiger partial charge < -0.3 is 25.2 Å². The molecule has 0 aromatic heterocycles. The largest absolute Gasteiger partial charge is 0.493 e. The molecular formula is C20H30N2O5S. The molecule has 1 fully saturated rings. The highest BCUT2D eigenvalue weighted by Gasteiger charge is 2.29. The van der Waals surface area contributed by atoms with E-state index in [0.29, 0.717) is 47.8 Å². The highest BCUT2D eigenvalue weighted by molar-refractivity contribution is 7.98. The maximum Gasteiger partial charge on any atom is 0.251 e. The van der Waals surface area contributed by atoms with Crippen LogP contribution in [0.5, 0.6) is 11.5 Å². The molecule has 28 heavy (non-hydrogen) atoms. The van der Waals surface area contributed by atoms with Gasteiger partial charge in [0.1, 0.15) is 0 Å². The molecule has 0 bridgehead atoms. The van der Waals surface area contributed by atoms with Crippen LogP contribution >= 0.6 is 11.8 Å². The number of carbonyl (C=O) groups is 2. The summed E-state index contributed by atoms with van der Waals surface area (Å²) in [5, 5.41) is 16.2. The lowest BCUT2D eigenvalue weighted by atomic mass is 9.85. The van der Waals surface area contributed by atoms with Crippen molar-refractivity contribution in [3.63, 3.8) is 0 Å². The molecule has 0 unspecified atom stereocenters. The summed E-state index contributed by atoms with van der Waals surface area (Å²) in [6.07, 6.45) is 6.72. The summed E-state index contributed by atoms with van der Waals surface area (Å²) in [4.78, 5) is 24.8. The molecule has 156 valence electrons. The zero-order valence-electron chi connectivity index (χ0n) is 16.8. The van der Waals surface area contributed by atoms with E-state index in [1.807, 2.05) is 6.26 Å². The van der Waals surface area contributed by atoms with Crippen LogP contribution in [0.1, 0.15) is 48.9 Å². The second-order valence-corrected chi connectivity index (χ2v) is 8.00. The number of hydrogen-bond acceptors (Lipinski definition) is 6. The number of rotatable bonds is 9. The second-order valence-electron chi connectivity index (χ2n) is 7.02. The first-order valence-electron chi connectivity index (χ1n) is 9.48. The van der Waals surface area contributed by atoms with Crippen LogP contribution in [-0.2, 0) is 4.79 Å². The van der Waals surface area contributed by atoms with Crippen molar-refractivity contribution < 1.29 is 24.2 Å². The molecule has 1 aliphatic rings. The number of anilines is 1. The lowest BCUT2D eigenvalue weighted by Gasteiger charge is -2.32. The molecule has 7 nitrogen and oxygen atoms in total. The van der Waals surface area contributed by atoms with Gasteiger partial charge >= 0.3 is 0 Å². The smallest absolute Gasteiger partial charge is 0.251 e. The standard InChI is InChI=1S/C20H30N2O5S/c1-26-16-12-14(19(24)21-13-20(25)8-5-4-6-9-20)11-15(18(16)27-2)22-17(23)7-10-28-3/h11-12,25H,4-10,13H2,1-3H3,(H,21,24)(H,22,23). The molecule has 0 heterocycles. The van der Waals surface area contributed by atoms with Gasteiger partial charge in [0, 0.05) is 24.3 Å². The molecule has 0 aliphatic heterocycles. The number of ether oxygens (including phenoxy) is 2. The number of nitrogens with one attached hydrogen (secondary N) is 2. The van der Waals surface area contributed by atoms with Gasteiger partial charge in [-0.1, -0.05) is 19.3 Å². The van der Waals surface area contributed by atoms with Crippen LogP contribution in [0.4, 0.5) is 5.69 Å². The van der Waals surface area contributed by atoms with Crippen molar-refractivity contribution in [3.05, 3.63) is 17.7 Å². The molecule has 2 amide bonds. The normalized spacial score (nSPS) is 15.6. The number of carbonyl (C=O) groups excluding carboxylic acids is 2. The zero-order valence-corrected chi connectivity index (χ0v) is 17.6. The molecule has 1 aromatic carbocycles. The van der Waals surface area contributed by atoms with Crippen molar-refractivity contribution in [1.29, 1.82) is 0 Å². The third kappa shape index (κ3) is 6.04. The molecule has 1 saturated carbocycles. The van der Waals surface area contributed by atoms with E-state index in [1.54, 1.807) is 23.9 Å². The molecule has 2 rings (SSSR count). The highest BCUT2D eigenvalue weighted by atomic mass is 32.2. The van der Waals surface area contributed by atoms with Gasteiger partial charge in [-0.15, -0.1) is 0 Å². The van der Waals surface area contributed by atoms with Gasteiger partial charge in [0.25, 0.3) is 5.91 Å². The van der Waals surface area contributed by atoms with Gasteiger partial charge in [-0.05, 0) is 31.2 Å². The van der Waals surface area contributed by atoms with Crippen LogP contribution in [-0.4, -0.2) is 55.3 Å². The summed E-state index contributed by atoms with van der Waals surface area (Å²) in [6.45, 7) is 0.204. The van der Waals surface area contributed by atoms with E-state index >= 15 is 0 Å². The summed E-state index contributed by atoms with van der Waals surface area (Å²) >= 11 is 1.58. The van der Waals surface area contributed by atoms with E-state index in [-0.39, 0.29) is 18.4 Å². The third-order valence-electron chi connectivity index (χ3n) is 4.91. The molecule has 3 N–H and O–H groups in total. The van der Waals surface area contributed by atoms with Crippen LogP contribution in [0.2, 0.25) is 0 Å². The average molecular weight is 411 g/mol. The Labute approximate surface area is 170 Å². The van der Waals surface area contributed by atoms with Crippen molar-refractivity contribution in [2.45, 2.75) is 44.1 Å². The van der Waals surface area contributed by atoms with Crippen LogP contribution in [0.25, 0.3) is 0 Å². The first-order valence-corrected chi connectivity index (χ1v) is 10.9. The summed E-state index contributed by atoms with van der Waals surface area (Å²) in [5.74, 6) is 0.918. The van der Waals surface area contributed by atoms with Crippen molar-refractivity contribution in [2.75, 3.05) is 38.1 Å². The van der Waals surface area contributed by atoms with Crippen molar-refractivity contribution in [1.82, 2.24) is 5.32 Å². The Kier molecular flexibility index (Phi) is 8.44. The number of amides is 2. The number of thioether (sulfide) groups is 1. The highest BCUT2D eigenvalue weighted by Crippen LogP contribution is 2.37. The van der Waals surface area contributed by atoms with E-state index < -0.39 is 5.60 Å². The van der Waals surface area contributed by atoms with Gasteiger partial charge in [-0.2, -0.15) is 11.8 Å². The summed E-state index contributed by atoms with van der Waals surface area (Å²) < 4.78 is 10.7. The number of hydrogen-bond donors (Lipinski definition) is 3. The molecule has 0 saturated heterocycles. The third-order valence-corrected chi connectivity index (χ3v) is 5.52.